The van der Waals surface area contributed by atoms with E-state index in [9.17, 15) is 4.79 Å². The maximum atomic E-state index is 12.6. The lowest BCUT2D eigenvalue weighted by molar-refractivity contribution is 0.208. The van der Waals surface area contributed by atoms with Crippen molar-refractivity contribution in [2.75, 3.05) is 54.9 Å². The Hall–Kier alpha value is -2.18. The molecule has 144 valence electrons. The normalized spacial score (nSPS) is 14.2. The topological polar surface area (TPSA) is 51.7 Å². The van der Waals surface area contributed by atoms with Crippen LogP contribution in [0, 0.1) is 0 Å². The van der Waals surface area contributed by atoms with Gasteiger partial charge in [0.1, 0.15) is 5.82 Å². The van der Waals surface area contributed by atoms with Crippen molar-refractivity contribution in [2.24, 2.45) is 0 Å². The SMILES string of the molecule is CCN(C)c1cccc(NC(=O)N2CCN(c3ncc(Cl)cc3Cl)CC2)c1. The highest BCUT2D eigenvalue weighted by atomic mass is 35.5. The molecule has 3 rings (SSSR count). The van der Waals surface area contributed by atoms with Gasteiger partial charge in [0.25, 0.3) is 0 Å². The molecule has 8 heteroatoms. The zero-order valence-electron chi connectivity index (χ0n) is 15.5. The second-order valence-electron chi connectivity index (χ2n) is 6.43. The number of nitrogens with zero attached hydrogens (tertiary/aromatic N) is 4. The average molecular weight is 408 g/mol. The lowest BCUT2D eigenvalue weighted by atomic mass is 10.2. The van der Waals surface area contributed by atoms with E-state index in [0.29, 0.717) is 42.0 Å². The van der Waals surface area contributed by atoms with E-state index >= 15 is 0 Å². The smallest absolute Gasteiger partial charge is 0.321 e. The van der Waals surface area contributed by atoms with Crippen LogP contribution < -0.4 is 15.1 Å². The van der Waals surface area contributed by atoms with Crippen molar-refractivity contribution in [3.63, 3.8) is 0 Å². The molecule has 0 unspecified atom stereocenters. The molecule has 1 aromatic carbocycles. The summed E-state index contributed by atoms with van der Waals surface area (Å²) in [7, 11) is 2.02. The van der Waals surface area contributed by atoms with Gasteiger partial charge in [0.15, 0.2) is 0 Å². The van der Waals surface area contributed by atoms with E-state index < -0.39 is 0 Å². The largest absolute Gasteiger partial charge is 0.375 e. The average Bonchev–Trinajstić information content (AvgIpc) is 2.67. The van der Waals surface area contributed by atoms with Crippen LogP contribution in [0.1, 0.15) is 6.92 Å². The molecule has 0 spiro atoms. The second-order valence-corrected chi connectivity index (χ2v) is 7.27. The number of halogens is 2. The van der Waals surface area contributed by atoms with Gasteiger partial charge in [-0.2, -0.15) is 0 Å². The molecule has 0 bridgehead atoms. The molecular formula is C19H23Cl2N5O. The van der Waals surface area contributed by atoms with Crippen molar-refractivity contribution < 1.29 is 4.79 Å². The molecule has 0 atom stereocenters. The van der Waals surface area contributed by atoms with Crippen LogP contribution in [0.5, 0.6) is 0 Å². The molecule has 1 N–H and O–H groups in total. The fraction of sp³-hybridized carbons (Fsp3) is 0.368. The first kappa shape index (κ1) is 19.6. The van der Waals surface area contributed by atoms with E-state index in [1.165, 1.54) is 0 Å². The van der Waals surface area contributed by atoms with Crippen LogP contribution in [0.4, 0.5) is 22.0 Å². The summed E-state index contributed by atoms with van der Waals surface area (Å²) in [4.78, 5) is 22.9. The number of benzene rings is 1. The molecule has 0 saturated carbocycles. The number of hydrogen-bond donors (Lipinski definition) is 1. The molecule has 27 heavy (non-hydrogen) atoms. The van der Waals surface area contributed by atoms with Crippen molar-refractivity contribution >= 4 is 46.4 Å². The molecule has 2 aromatic rings. The minimum atomic E-state index is -0.0962. The second kappa shape index (κ2) is 8.67. The summed E-state index contributed by atoms with van der Waals surface area (Å²) in [6.07, 6.45) is 1.59. The van der Waals surface area contributed by atoms with Gasteiger partial charge in [0, 0.05) is 57.3 Å². The number of amides is 2. The standard InChI is InChI=1S/C19H23Cl2N5O/c1-3-24(2)16-6-4-5-15(12-16)23-19(27)26-9-7-25(8-10-26)18-17(21)11-14(20)13-22-18/h4-6,11-13H,3,7-10H2,1-2H3,(H,23,27). The summed E-state index contributed by atoms with van der Waals surface area (Å²) in [5.74, 6) is 0.705. The Labute approximate surface area is 169 Å². The highest BCUT2D eigenvalue weighted by Gasteiger charge is 2.23. The van der Waals surface area contributed by atoms with E-state index in [2.05, 4.69) is 27.0 Å². The third-order valence-corrected chi connectivity index (χ3v) is 5.15. The summed E-state index contributed by atoms with van der Waals surface area (Å²) in [6.45, 7) is 5.52. The van der Waals surface area contributed by atoms with Gasteiger partial charge in [0.05, 0.1) is 10.0 Å². The Bertz CT molecular complexity index is 808. The lowest BCUT2D eigenvalue weighted by Crippen LogP contribution is -2.50. The van der Waals surface area contributed by atoms with Gasteiger partial charge in [0.2, 0.25) is 0 Å². The van der Waals surface area contributed by atoms with Gasteiger partial charge in [-0.15, -0.1) is 0 Å². The fourth-order valence-corrected chi connectivity index (χ4v) is 3.47. The van der Waals surface area contributed by atoms with Gasteiger partial charge in [-0.05, 0) is 31.2 Å². The summed E-state index contributed by atoms with van der Waals surface area (Å²) in [6, 6.07) is 9.45. The Kier molecular flexibility index (Phi) is 6.29. The number of hydrogen-bond acceptors (Lipinski definition) is 4. The van der Waals surface area contributed by atoms with E-state index in [1.807, 2.05) is 31.3 Å². The van der Waals surface area contributed by atoms with Gasteiger partial charge in [-0.1, -0.05) is 29.3 Å². The quantitative estimate of drug-likeness (QED) is 0.824. The molecule has 1 saturated heterocycles. The number of urea groups is 1. The molecule has 2 heterocycles. The molecule has 1 aliphatic heterocycles. The molecule has 1 aliphatic rings. The highest BCUT2D eigenvalue weighted by molar-refractivity contribution is 6.36. The fourth-order valence-electron chi connectivity index (χ4n) is 2.97. The Morgan fingerprint density at radius 1 is 1.22 bits per heavy atom. The number of pyridine rings is 1. The summed E-state index contributed by atoms with van der Waals surface area (Å²) < 4.78 is 0. The number of rotatable bonds is 4. The number of piperazine rings is 1. The third-order valence-electron chi connectivity index (χ3n) is 4.67. The summed E-state index contributed by atoms with van der Waals surface area (Å²) >= 11 is 12.1. The molecule has 1 aromatic heterocycles. The van der Waals surface area contributed by atoms with E-state index in [1.54, 1.807) is 17.2 Å². The molecular weight excluding hydrogens is 385 g/mol. The molecule has 2 amide bonds. The van der Waals surface area contributed by atoms with Crippen molar-refractivity contribution in [1.82, 2.24) is 9.88 Å². The van der Waals surface area contributed by atoms with Crippen LogP contribution in [0.25, 0.3) is 0 Å². The van der Waals surface area contributed by atoms with E-state index in [4.69, 9.17) is 23.2 Å². The van der Waals surface area contributed by atoms with Gasteiger partial charge in [-0.25, -0.2) is 9.78 Å². The molecule has 6 nitrogen and oxygen atoms in total. The lowest BCUT2D eigenvalue weighted by Gasteiger charge is -2.35. The van der Waals surface area contributed by atoms with E-state index in [-0.39, 0.29) is 6.03 Å². The first-order valence-electron chi connectivity index (χ1n) is 8.91. The van der Waals surface area contributed by atoms with Crippen molar-refractivity contribution in [2.45, 2.75) is 6.92 Å². The first-order valence-corrected chi connectivity index (χ1v) is 9.66. The van der Waals surface area contributed by atoms with Crippen LogP contribution in [-0.4, -0.2) is 55.7 Å². The van der Waals surface area contributed by atoms with Gasteiger partial charge < -0.3 is 20.0 Å². The predicted octanol–water partition coefficient (Wildman–Crippen LogP) is 4.20. The minimum Gasteiger partial charge on any atom is -0.375 e. The maximum Gasteiger partial charge on any atom is 0.321 e. The maximum absolute atomic E-state index is 12.6. The first-order chi connectivity index (χ1) is 13.0. The van der Waals surface area contributed by atoms with Crippen LogP contribution in [0.2, 0.25) is 10.0 Å². The van der Waals surface area contributed by atoms with Crippen LogP contribution >= 0.6 is 23.2 Å². The van der Waals surface area contributed by atoms with Gasteiger partial charge >= 0.3 is 6.03 Å². The number of nitrogens with one attached hydrogen (secondary N) is 1. The molecule has 1 fully saturated rings. The Morgan fingerprint density at radius 2 is 1.96 bits per heavy atom. The van der Waals surface area contributed by atoms with Crippen LogP contribution in [0.15, 0.2) is 36.5 Å². The number of aromatic nitrogens is 1. The number of carbonyl (C=O) groups is 1. The number of carbonyl (C=O) groups excluding carboxylic acids is 1. The van der Waals surface area contributed by atoms with Crippen LogP contribution in [-0.2, 0) is 0 Å². The zero-order valence-corrected chi connectivity index (χ0v) is 17.0. The van der Waals surface area contributed by atoms with Crippen molar-refractivity contribution in [1.29, 1.82) is 0 Å². The van der Waals surface area contributed by atoms with Gasteiger partial charge in [-0.3, -0.25) is 0 Å². The molecule has 0 aliphatic carbocycles. The van der Waals surface area contributed by atoms with Crippen LogP contribution in [0.3, 0.4) is 0 Å². The Balaban J connectivity index is 1.59. The van der Waals surface area contributed by atoms with Crippen molar-refractivity contribution in [3.8, 4) is 0 Å². The predicted molar refractivity (Wildman–Crippen MR) is 112 cm³/mol. The third kappa shape index (κ3) is 4.76. The van der Waals surface area contributed by atoms with E-state index in [0.717, 1.165) is 17.9 Å². The monoisotopic (exact) mass is 407 g/mol. The highest BCUT2D eigenvalue weighted by Crippen LogP contribution is 2.27. The zero-order chi connectivity index (χ0) is 19.4. The van der Waals surface area contributed by atoms with Crippen molar-refractivity contribution in [3.05, 3.63) is 46.6 Å². The number of anilines is 3. The Morgan fingerprint density at radius 3 is 2.63 bits per heavy atom. The summed E-state index contributed by atoms with van der Waals surface area (Å²) in [5, 5.41) is 4.02. The molecule has 0 radical (unpaired) electrons. The minimum absolute atomic E-state index is 0.0962. The summed E-state index contributed by atoms with van der Waals surface area (Å²) in [5.41, 5.74) is 1.87.